The van der Waals surface area contributed by atoms with Crippen LogP contribution in [0.15, 0.2) is 71.9 Å². The van der Waals surface area contributed by atoms with Gasteiger partial charge in [0.25, 0.3) is 0 Å². The van der Waals surface area contributed by atoms with Gasteiger partial charge in [0, 0.05) is 51.4 Å². The predicted octanol–water partition coefficient (Wildman–Crippen LogP) is 4.56. The van der Waals surface area contributed by atoms with E-state index in [-0.39, 0.29) is 29.8 Å². The van der Waals surface area contributed by atoms with Gasteiger partial charge in [0.05, 0.1) is 11.4 Å². The minimum atomic E-state index is -0.245. The van der Waals surface area contributed by atoms with E-state index in [1.54, 1.807) is 16.8 Å². The highest BCUT2D eigenvalue weighted by atomic mass is 127. The lowest BCUT2D eigenvalue weighted by Gasteiger charge is -2.37. The second-order valence-corrected chi connectivity index (χ2v) is 8.52. The monoisotopic (exact) mass is 576 g/mol. The molecule has 1 unspecified atom stereocenters. The van der Waals surface area contributed by atoms with Crippen LogP contribution in [-0.2, 0) is 6.42 Å². The first kappa shape index (κ1) is 26.2. The van der Waals surface area contributed by atoms with Gasteiger partial charge in [0.1, 0.15) is 5.82 Å². The van der Waals surface area contributed by atoms with Crippen molar-refractivity contribution < 1.29 is 4.39 Å². The van der Waals surface area contributed by atoms with Crippen LogP contribution in [0, 0.1) is 5.82 Å². The molecule has 1 atom stereocenters. The molecule has 1 aliphatic heterocycles. The number of guanidine groups is 1. The minimum absolute atomic E-state index is 0. The molecule has 1 saturated heterocycles. The van der Waals surface area contributed by atoms with Crippen LogP contribution < -0.4 is 10.6 Å². The third-order valence-corrected chi connectivity index (χ3v) is 6.33. The highest BCUT2D eigenvalue weighted by molar-refractivity contribution is 14.0. The van der Waals surface area contributed by atoms with E-state index >= 15 is 0 Å². The van der Waals surface area contributed by atoms with Gasteiger partial charge in [-0.1, -0.05) is 30.3 Å². The normalized spacial score (nSPS) is 16.0. The maximum absolute atomic E-state index is 13.1. The van der Waals surface area contributed by atoms with Gasteiger partial charge >= 0.3 is 0 Å². The molecule has 1 fully saturated rings. The molecule has 6 nitrogen and oxygen atoms in total. The van der Waals surface area contributed by atoms with E-state index in [0.717, 1.165) is 56.2 Å². The van der Waals surface area contributed by atoms with E-state index in [1.807, 2.05) is 19.3 Å². The van der Waals surface area contributed by atoms with Crippen LogP contribution in [-0.4, -0.2) is 53.4 Å². The van der Waals surface area contributed by atoms with Gasteiger partial charge in [-0.25, -0.2) is 9.07 Å². The number of aliphatic imine (C=N–C) groups is 1. The molecule has 0 saturated carbocycles. The zero-order chi connectivity index (χ0) is 23.0. The third kappa shape index (κ3) is 7.02. The highest BCUT2D eigenvalue weighted by Gasteiger charge is 2.24. The molecule has 0 amide bonds. The molecule has 0 aliphatic carbocycles. The fraction of sp³-hybridized carbons (Fsp3) is 0.385. The fourth-order valence-corrected chi connectivity index (χ4v) is 4.30. The van der Waals surface area contributed by atoms with Crippen molar-refractivity contribution in [2.75, 3.05) is 26.7 Å². The Kier molecular flexibility index (Phi) is 9.88. The van der Waals surface area contributed by atoms with E-state index in [2.05, 4.69) is 62.9 Å². The van der Waals surface area contributed by atoms with Crippen LogP contribution in [0.3, 0.4) is 0 Å². The van der Waals surface area contributed by atoms with Crippen molar-refractivity contribution in [1.29, 1.82) is 0 Å². The molecule has 0 bridgehead atoms. The Labute approximate surface area is 218 Å². The Hall–Kier alpha value is -2.46. The first-order chi connectivity index (χ1) is 16.1. The average Bonchev–Trinajstić information content (AvgIpc) is 3.33. The Bertz CT molecular complexity index is 1030. The second kappa shape index (κ2) is 12.9. The van der Waals surface area contributed by atoms with Crippen LogP contribution >= 0.6 is 24.0 Å². The number of nitrogens with zero attached hydrogens (tertiary/aromatic N) is 4. The van der Waals surface area contributed by atoms with Gasteiger partial charge in [-0.3, -0.25) is 9.89 Å². The number of hydrogen-bond acceptors (Lipinski definition) is 3. The zero-order valence-electron chi connectivity index (χ0n) is 19.8. The van der Waals surface area contributed by atoms with Crippen molar-refractivity contribution in [3.8, 4) is 5.69 Å². The number of likely N-dealkylation sites (tertiary alicyclic amines) is 1. The molecule has 0 spiro atoms. The molecule has 8 heteroatoms. The van der Waals surface area contributed by atoms with Gasteiger partial charge < -0.3 is 10.6 Å². The number of halogens is 2. The molecule has 1 aromatic heterocycles. The van der Waals surface area contributed by atoms with E-state index in [1.165, 1.54) is 17.7 Å². The molecule has 2 heterocycles. The van der Waals surface area contributed by atoms with Gasteiger partial charge in [0.2, 0.25) is 0 Å². The number of nitrogens with one attached hydrogen (secondary N) is 2. The summed E-state index contributed by atoms with van der Waals surface area (Å²) in [6.45, 7) is 5.18. The molecule has 0 radical (unpaired) electrons. The van der Waals surface area contributed by atoms with Crippen LogP contribution in [0.5, 0.6) is 0 Å². The lowest BCUT2D eigenvalue weighted by atomic mass is 10.0. The lowest BCUT2D eigenvalue weighted by Crippen LogP contribution is -2.49. The first-order valence-electron chi connectivity index (χ1n) is 11.7. The Morgan fingerprint density at radius 1 is 1.09 bits per heavy atom. The van der Waals surface area contributed by atoms with Crippen LogP contribution in [0.1, 0.15) is 37.1 Å². The standard InChI is InChI=1S/C26H33FN6.HI/c1-20(21-6-4-3-5-7-21)32-17-13-23(14-18-32)30-26(28-2)29-16-12-24-15-19-33(31-24)25-10-8-22(27)9-11-25;/h3-11,15,19-20,23H,12-14,16-18H2,1-2H3,(H2,28,29,30);1H. The summed E-state index contributed by atoms with van der Waals surface area (Å²) in [5, 5.41) is 11.6. The second-order valence-electron chi connectivity index (χ2n) is 8.52. The SMILES string of the molecule is CN=C(NCCc1ccn(-c2ccc(F)cc2)n1)NC1CCN(C(C)c2ccccc2)CC1.I. The summed E-state index contributed by atoms with van der Waals surface area (Å²) < 4.78 is 14.9. The Morgan fingerprint density at radius 2 is 1.79 bits per heavy atom. The van der Waals surface area contributed by atoms with Crippen molar-refractivity contribution in [2.24, 2.45) is 4.99 Å². The fourth-order valence-electron chi connectivity index (χ4n) is 4.30. The molecule has 2 aromatic carbocycles. The summed E-state index contributed by atoms with van der Waals surface area (Å²) in [6, 6.07) is 19.9. The van der Waals surface area contributed by atoms with Gasteiger partial charge in [-0.2, -0.15) is 5.10 Å². The van der Waals surface area contributed by atoms with Crippen LogP contribution in [0.25, 0.3) is 5.69 Å². The summed E-state index contributed by atoms with van der Waals surface area (Å²) >= 11 is 0. The average molecular weight is 577 g/mol. The smallest absolute Gasteiger partial charge is 0.191 e. The number of benzene rings is 2. The number of hydrogen-bond donors (Lipinski definition) is 2. The number of piperidine rings is 1. The first-order valence-corrected chi connectivity index (χ1v) is 11.7. The largest absolute Gasteiger partial charge is 0.356 e. The lowest BCUT2D eigenvalue weighted by molar-refractivity contribution is 0.158. The maximum atomic E-state index is 13.1. The van der Waals surface area contributed by atoms with E-state index in [4.69, 9.17) is 0 Å². The number of rotatable bonds is 7. The predicted molar refractivity (Wildman–Crippen MR) is 147 cm³/mol. The van der Waals surface area contributed by atoms with Crippen molar-refractivity contribution >= 4 is 29.9 Å². The van der Waals surface area contributed by atoms with E-state index < -0.39 is 0 Å². The van der Waals surface area contributed by atoms with Gasteiger partial charge in [-0.05, 0) is 55.7 Å². The van der Waals surface area contributed by atoms with Crippen molar-refractivity contribution in [1.82, 2.24) is 25.3 Å². The molecule has 3 aromatic rings. The van der Waals surface area contributed by atoms with Crippen molar-refractivity contribution in [2.45, 2.75) is 38.3 Å². The molecule has 1 aliphatic rings. The van der Waals surface area contributed by atoms with Crippen molar-refractivity contribution in [3.05, 3.63) is 83.9 Å². The maximum Gasteiger partial charge on any atom is 0.191 e. The van der Waals surface area contributed by atoms with Crippen molar-refractivity contribution in [3.63, 3.8) is 0 Å². The molecular formula is C26H34FIN6. The topological polar surface area (TPSA) is 57.5 Å². The summed E-state index contributed by atoms with van der Waals surface area (Å²) in [6.07, 6.45) is 4.88. The van der Waals surface area contributed by atoms with Gasteiger partial charge in [-0.15, -0.1) is 24.0 Å². The minimum Gasteiger partial charge on any atom is -0.356 e. The molecule has 34 heavy (non-hydrogen) atoms. The zero-order valence-corrected chi connectivity index (χ0v) is 22.2. The highest BCUT2D eigenvalue weighted by Crippen LogP contribution is 2.24. The molecular weight excluding hydrogens is 542 g/mol. The molecule has 2 N–H and O–H groups in total. The summed E-state index contributed by atoms with van der Waals surface area (Å²) in [4.78, 5) is 6.95. The summed E-state index contributed by atoms with van der Waals surface area (Å²) in [7, 11) is 1.81. The van der Waals surface area contributed by atoms with Gasteiger partial charge in [0.15, 0.2) is 5.96 Å². The quantitative estimate of drug-likeness (QED) is 0.246. The Balaban J connectivity index is 0.00000324. The van der Waals surface area contributed by atoms with Crippen LogP contribution in [0.2, 0.25) is 0 Å². The van der Waals surface area contributed by atoms with E-state index in [9.17, 15) is 4.39 Å². The van der Waals surface area contributed by atoms with Crippen LogP contribution in [0.4, 0.5) is 4.39 Å². The van der Waals surface area contributed by atoms with E-state index in [0.29, 0.717) is 12.1 Å². The third-order valence-electron chi connectivity index (χ3n) is 6.33. The summed E-state index contributed by atoms with van der Waals surface area (Å²) in [5.41, 5.74) is 3.20. The summed E-state index contributed by atoms with van der Waals surface area (Å²) in [5.74, 6) is 0.591. The molecule has 4 rings (SSSR count). The molecule has 182 valence electrons. The Morgan fingerprint density at radius 3 is 2.47 bits per heavy atom. The number of aromatic nitrogens is 2.